The van der Waals surface area contributed by atoms with Crippen LogP contribution in [0.3, 0.4) is 0 Å². The lowest BCUT2D eigenvalue weighted by molar-refractivity contribution is -0.128. The SMILES string of the molecule is C/C(=N/NC(=O)c1ccc([C@H]2SCC(=O)N2Cc2ccccc2)cc1)c1cccs1. The number of amides is 2. The van der Waals surface area contributed by atoms with E-state index in [4.69, 9.17) is 0 Å². The van der Waals surface area contributed by atoms with Crippen LogP contribution < -0.4 is 5.43 Å². The molecule has 0 spiro atoms. The van der Waals surface area contributed by atoms with Crippen molar-refractivity contribution in [2.45, 2.75) is 18.8 Å². The molecule has 2 aromatic carbocycles. The number of carbonyl (C=O) groups excluding carboxylic acids is 2. The van der Waals surface area contributed by atoms with Crippen LogP contribution in [0.4, 0.5) is 0 Å². The molecule has 0 saturated carbocycles. The summed E-state index contributed by atoms with van der Waals surface area (Å²) in [7, 11) is 0. The first kappa shape index (κ1) is 20.4. The van der Waals surface area contributed by atoms with Crippen LogP contribution in [0.5, 0.6) is 0 Å². The van der Waals surface area contributed by atoms with E-state index in [1.54, 1.807) is 35.2 Å². The molecule has 30 heavy (non-hydrogen) atoms. The van der Waals surface area contributed by atoms with Crippen LogP contribution in [0.15, 0.2) is 77.2 Å². The summed E-state index contributed by atoms with van der Waals surface area (Å²) in [4.78, 5) is 27.7. The molecular formula is C23H21N3O2S2. The Bertz CT molecular complexity index is 1050. The van der Waals surface area contributed by atoms with Gasteiger partial charge in [0.25, 0.3) is 5.91 Å². The summed E-state index contributed by atoms with van der Waals surface area (Å²) >= 11 is 3.19. The number of thioether (sulfide) groups is 1. The summed E-state index contributed by atoms with van der Waals surface area (Å²) in [5, 5.41) is 6.11. The standard InChI is InChI=1S/C23H21N3O2S2/c1-16(20-8-5-13-29-20)24-25-22(28)18-9-11-19(12-10-18)23-26(21(27)15-30-23)14-17-6-3-2-4-7-17/h2-13,23H,14-15H2,1H3,(H,25,28)/b24-16-/t23-/m1/s1. The lowest BCUT2D eigenvalue weighted by Crippen LogP contribution is -2.27. The second-order valence-electron chi connectivity index (χ2n) is 6.91. The Labute approximate surface area is 183 Å². The molecule has 2 heterocycles. The van der Waals surface area contributed by atoms with E-state index in [2.05, 4.69) is 10.5 Å². The first-order chi connectivity index (χ1) is 14.6. The largest absolute Gasteiger partial charge is 0.322 e. The highest BCUT2D eigenvalue weighted by Gasteiger charge is 2.32. The quantitative estimate of drug-likeness (QED) is 0.452. The summed E-state index contributed by atoms with van der Waals surface area (Å²) in [6.45, 7) is 2.45. The minimum Gasteiger partial charge on any atom is -0.322 e. The minimum atomic E-state index is -0.256. The zero-order valence-corrected chi connectivity index (χ0v) is 18.1. The summed E-state index contributed by atoms with van der Waals surface area (Å²) in [5.74, 6) is 0.346. The molecule has 1 N–H and O–H groups in total. The number of nitrogens with one attached hydrogen (secondary N) is 1. The molecule has 1 aromatic heterocycles. The highest BCUT2D eigenvalue weighted by Crippen LogP contribution is 2.39. The van der Waals surface area contributed by atoms with Gasteiger partial charge in [0.2, 0.25) is 5.91 Å². The number of carbonyl (C=O) groups is 2. The topological polar surface area (TPSA) is 61.8 Å². The molecule has 3 aromatic rings. The highest BCUT2D eigenvalue weighted by molar-refractivity contribution is 8.00. The number of hydrogen-bond acceptors (Lipinski definition) is 5. The van der Waals surface area contributed by atoms with Gasteiger partial charge in [0.05, 0.1) is 11.5 Å². The van der Waals surface area contributed by atoms with Gasteiger partial charge in [0.1, 0.15) is 5.37 Å². The van der Waals surface area contributed by atoms with Crippen LogP contribution in [-0.2, 0) is 11.3 Å². The van der Waals surface area contributed by atoms with Crippen molar-refractivity contribution >= 4 is 40.6 Å². The fourth-order valence-corrected chi connectivity index (χ4v) is 5.08. The third-order valence-corrected chi connectivity index (χ3v) is 7.06. The van der Waals surface area contributed by atoms with Crippen LogP contribution in [0, 0.1) is 0 Å². The average Bonchev–Trinajstić information content (AvgIpc) is 3.44. The summed E-state index contributed by atoms with van der Waals surface area (Å²) < 4.78 is 0. The van der Waals surface area contributed by atoms with Gasteiger partial charge in [-0.3, -0.25) is 9.59 Å². The Morgan fingerprint density at radius 3 is 2.57 bits per heavy atom. The van der Waals surface area contributed by atoms with Gasteiger partial charge in [0, 0.05) is 17.0 Å². The van der Waals surface area contributed by atoms with Crippen LogP contribution in [0.25, 0.3) is 0 Å². The van der Waals surface area contributed by atoms with E-state index in [9.17, 15) is 9.59 Å². The van der Waals surface area contributed by atoms with Gasteiger partial charge in [-0.25, -0.2) is 5.43 Å². The van der Waals surface area contributed by atoms with Gasteiger partial charge in [-0.1, -0.05) is 48.5 Å². The van der Waals surface area contributed by atoms with Crippen molar-refractivity contribution in [3.63, 3.8) is 0 Å². The van der Waals surface area contributed by atoms with Crippen molar-refractivity contribution in [2.75, 3.05) is 5.75 Å². The monoisotopic (exact) mass is 435 g/mol. The van der Waals surface area contributed by atoms with Crippen molar-refractivity contribution in [3.05, 3.63) is 93.7 Å². The van der Waals surface area contributed by atoms with E-state index >= 15 is 0 Å². The summed E-state index contributed by atoms with van der Waals surface area (Å²) in [6, 6.07) is 21.3. The van der Waals surface area contributed by atoms with Crippen molar-refractivity contribution in [1.29, 1.82) is 0 Å². The van der Waals surface area contributed by atoms with Gasteiger partial charge in [0.15, 0.2) is 0 Å². The zero-order chi connectivity index (χ0) is 20.9. The molecule has 2 amide bonds. The first-order valence-electron chi connectivity index (χ1n) is 9.55. The predicted molar refractivity (Wildman–Crippen MR) is 123 cm³/mol. The molecular weight excluding hydrogens is 414 g/mol. The lowest BCUT2D eigenvalue weighted by atomic mass is 10.1. The Hall–Kier alpha value is -2.90. The molecule has 152 valence electrons. The molecule has 5 nitrogen and oxygen atoms in total. The van der Waals surface area contributed by atoms with Gasteiger partial charge in [-0.05, 0) is 41.6 Å². The van der Waals surface area contributed by atoms with Crippen molar-refractivity contribution < 1.29 is 9.59 Å². The molecule has 1 atom stereocenters. The summed E-state index contributed by atoms with van der Waals surface area (Å²) in [5.41, 5.74) is 6.03. The molecule has 0 unspecified atom stereocenters. The Balaban J connectivity index is 1.44. The van der Waals surface area contributed by atoms with Crippen LogP contribution in [0.2, 0.25) is 0 Å². The maximum atomic E-state index is 12.4. The molecule has 7 heteroatoms. The number of hydrogen-bond donors (Lipinski definition) is 1. The second-order valence-corrected chi connectivity index (χ2v) is 8.92. The fourth-order valence-electron chi connectivity index (χ4n) is 3.22. The van der Waals surface area contributed by atoms with E-state index in [-0.39, 0.29) is 17.2 Å². The maximum Gasteiger partial charge on any atom is 0.271 e. The van der Waals surface area contributed by atoms with Crippen molar-refractivity contribution in [2.24, 2.45) is 5.10 Å². The molecule has 1 fully saturated rings. The Morgan fingerprint density at radius 2 is 1.87 bits per heavy atom. The number of benzene rings is 2. The fraction of sp³-hybridized carbons (Fsp3) is 0.174. The van der Waals surface area contributed by atoms with Gasteiger partial charge >= 0.3 is 0 Å². The average molecular weight is 436 g/mol. The Morgan fingerprint density at radius 1 is 1.10 bits per heavy atom. The third kappa shape index (κ3) is 4.63. The second kappa shape index (κ2) is 9.28. The molecule has 1 aliphatic heterocycles. The Kier molecular flexibility index (Phi) is 6.30. The summed E-state index contributed by atoms with van der Waals surface area (Å²) in [6.07, 6.45) is 0. The first-order valence-corrected chi connectivity index (χ1v) is 11.5. The molecule has 1 saturated heterocycles. The number of hydrazone groups is 1. The number of rotatable bonds is 6. The molecule has 1 aliphatic rings. The molecule has 0 radical (unpaired) electrons. The van der Waals surface area contributed by atoms with E-state index in [1.165, 1.54) is 0 Å². The molecule has 0 aliphatic carbocycles. The van der Waals surface area contributed by atoms with Crippen LogP contribution in [-0.4, -0.2) is 28.2 Å². The van der Waals surface area contributed by atoms with E-state index in [1.807, 2.05) is 71.8 Å². The lowest BCUT2D eigenvalue weighted by Gasteiger charge is -2.24. The smallest absolute Gasteiger partial charge is 0.271 e. The van der Waals surface area contributed by atoms with Gasteiger partial charge in [-0.15, -0.1) is 23.1 Å². The number of thiophene rings is 1. The van der Waals surface area contributed by atoms with Crippen LogP contribution >= 0.6 is 23.1 Å². The highest BCUT2D eigenvalue weighted by atomic mass is 32.2. The van der Waals surface area contributed by atoms with E-state index < -0.39 is 0 Å². The molecule has 0 bridgehead atoms. The van der Waals surface area contributed by atoms with E-state index in [0.717, 1.165) is 21.7 Å². The number of nitrogens with zero attached hydrogens (tertiary/aromatic N) is 2. The van der Waals surface area contributed by atoms with Crippen LogP contribution in [0.1, 0.15) is 38.7 Å². The van der Waals surface area contributed by atoms with Gasteiger partial charge < -0.3 is 4.90 Å². The third-order valence-electron chi connectivity index (χ3n) is 4.82. The van der Waals surface area contributed by atoms with Crippen molar-refractivity contribution in [3.8, 4) is 0 Å². The maximum absolute atomic E-state index is 12.4. The van der Waals surface area contributed by atoms with Gasteiger partial charge in [-0.2, -0.15) is 5.10 Å². The predicted octanol–water partition coefficient (Wildman–Crippen LogP) is 4.68. The van der Waals surface area contributed by atoms with Crippen molar-refractivity contribution in [1.82, 2.24) is 10.3 Å². The molecule has 4 rings (SSSR count). The minimum absolute atomic E-state index is 0.0473. The van der Waals surface area contributed by atoms with E-state index in [0.29, 0.717) is 17.9 Å². The zero-order valence-electron chi connectivity index (χ0n) is 16.4. The normalized spacial score (nSPS) is 16.7.